The highest BCUT2D eigenvalue weighted by molar-refractivity contribution is 5.87. The molecule has 0 aliphatic carbocycles. The minimum atomic E-state index is -1.20. The lowest BCUT2D eigenvalue weighted by Crippen LogP contribution is -2.03. The van der Waals surface area contributed by atoms with Crippen LogP contribution in [0.5, 0.6) is 5.75 Å². The molecule has 0 atom stereocenters. The average molecular weight is 278 g/mol. The number of aromatic carboxylic acids is 1. The predicted octanol–water partition coefficient (Wildman–Crippen LogP) is 3.55. The molecule has 20 heavy (non-hydrogen) atoms. The van der Waals surface area contributed by atoms with Gasteiger partial charge in [-0.05, 0) is 30.7 Å². The molecule has 0 fully saturated rings. The molecule has 3 nitrogen and oxygen atoms in total. The Bertz CT molecular complexity index is 654. The molecule has 0 saturated heterocycles. The van der Waals surface area contributed by atoms with E-state index in [0.29, 0.717) is 5.75 Å². The summed E-state index contributed by atoms with van der Waals surface area (Å²) in [6, 6.07) is 7.66. The Kier molecular flexibility index (Phi) is 3.98. The van der Waals surface area contributed by atoms with Crippen molar-refractivity contribution < 1.29 is 23.4 Å². The van der Waals surface area contributed by atoms with E-state index >= 15 is 0 Å². The van der Waals surface area contributed by atoms with Crippen LogP contribution in [0, 0.1) is 18.6 Å². The fourth-order valence-corrected chi connectivity index (χ4v) is 1.68. The molecule has 0 aromatic heterocycles. The lowest BCUT2D eigenvalue weighted by molar-refractivity contribution is 0.0696. The number of benzene rings is 2. The normalized spacial score (nSPS) is 10.3. The quantitative estimate of drug-likeness (QED) is 0.930. The molecule has 0 spiro atoms. The molecule has 0 aliphatic heterocycles. The Balaban J connectivity index is 2.15. The maximum Gasteiger partial charge on any atom is 0.335 e. The van der Waals surface area contributed by atoms with Gasteiger partial charge < -0.3 is 9.84 Å². The van der Waals surface area contributed by atoms with Crippen LogP contribution in [0.2, 0.25) is 0 Å². The van der Waals surface area contributed by atoms with Gasteiger partial charge in [0.2, 0.25) is 0 Å². The summed E-state index contributed by atoms with van der Waals surface area (Å²) in [4.78, 5) is 10.7. The fourth-order valence-electron chi connectivity index (χ4n) is 1.68. The molecular weight excluding hydrogens is 266 g/mol. The summed E-state index contributed by atoms with van der Waals surface area (Å²) in [6.45, 7) is 1.65. The van der Waals surface area contributed by atoms with E-state index in [-0.39, 0.29) is 17.7 Å². The summed E-state index contributed by atoms with van der Waals surface area (Å²) >= 11 is 0. The van der Waals surface area contributed by atoms with Crippen molar-refractivity contribution in [3.8, 4) is 5.75 Å². The zero-order valence-corrected chi connectivity index (χ0v) is 10.7. The van der Waals surface area contributed by atoms with E-state index in [0.717, 1.165) is 11.6 Å². The monoisotopic (exact) mass is 278 g/mol. The van der Waals surface area contributed by atoms with Crippen LogP contribution in [0.3, 0.4) is 0 Å². The largest absolute Gasteiger partial charge is 0.488 e. The van der Waals surface area contributed by atoms with Crippen molar-refractivity contribution >= 4 is 5.97 Å². The van der Waals surface area contributed by atoms with Gasteiger partial charge in [-0.15, -0.1) is 0 Å². The number of ether oxygens (including phenoxy) is 1. The standard InChI is InChI=1S/C15H12F2O3/c1-9-2-5-12(16)7-14(9)20-8-11-4-3-10(15(18)19)6-13(11)17/h2-7H,8H2,1H3,(H,18,19). The smallest absolute Gasteiger partial charge is 0.335 e. The van der Waals surface area contributed by atoms with E-state index in [2.05, 4.69) is 0 Å². The van der Waals surface area contributed by atoms with Crippen LogP contribution in [-0.4, -0.2) is 11.1 Å². The highest BCUT2D eigenvalue weighted by Crippen LogP contribution is 2.21. The van der Waals surface area contributed by atoms with Crippen LogP contribution in [0.15, 0.2) is 36.4 Å². The topological polar surface area (TPSA) is 46.5 Å². The van der Waals surface area contributed by atoms with E-state index < -0.39 is 17.6 Å². The summed E-state index contributed by atoms with van der Waals surface area (Å²) < 4.78 is 32.1. The molecule has 0 heterocycles. The van der Waals surface area contributed by atoms with Crippen LogP contribution >= 0.6 is 0 Å². The van der Waals surface area contributed by atoms with Gasteiger partial charge in [0.05, 0.1) is 5.56 Å². The van der Waals surface area contributed by atoms with Crippen molar-refractivity contribution in [2.75, 3.05) is 0 Å². The SMILES string of the molecule is Cc1ccc(F)cc1OCc1ccc(C(=O)O)cc1F. The number of carbonyl (C=O) groups is 1. The third kappa shape index (κ3) is 3.12. The van der Waals surface area contributed by atoms with Crippen molar-refractivity contribution in [3.63, 3.8) is 0 Å². The molecule has 0 radical (unpaired) electrons. The van der Waals surface area contributed by atoms with Crippen molar-refractivity contribution in [1.82, 2.24) is 0 Å². The molecule has 1 N–H and O–H groups in total. The Labute approximate surface area is 114 Å². The maximum atomic E-state index is 13.7. The van der Waals surface area contributed by atoms with Gasteiger partial charge >= 0.3 is 5.97 Å². The first-order valence-corrected chi connectivity index (χ1v) is 5.88. The van der Waals surface area contributed by atoms with Gasteiger partial charge in [-0.25, -0.2) is 13.6 Å². The first-order valence-electron chi connectivity index (χ1n) is 5.88. The van der Waals surface area contributed by atoms with E-state index in [9.17, 15) is 13.6 Å². The molecule has 0 saturated carbocycles. The Morgan fingerprint density at radius 2 is 1.95 bits per heavy atom. The maximum absolute atomic E-state index is 13.7. The number of rotatable bonds is 4. The zero-order chi connectivity index (χ0) is 14.7. The highest BCUT2D eigenvalue weighted by atomic mass is 19.1. The van der Waals surface area contributed by atoms with Crippen LogP contribution in [0.1, 0.15) is 21.5 Å². The van der Waals surface area contributed by atoms with Gasteiger partial charge in [0.1, 0.15) is 24.0 Å². The molecule has 5 heteroatoms. The van der Waals surface area contributed by atoms with Crippen molar-refractivity contribution in [2.24, 2.45) is 0 Å². The van der Waals surface area contributed by atoms with Crippen LogP contribution in [-0.2, 0) is 6.61 Å². The van der Waals surface area contributed by atoms with Gasteiger partial charge in [-0.1, -0.05) is 12.1 Å². The molecular formula is C15H12F2O3. The third-order valence-electron chi connectivity index (χ3n) is 2.83. The van der Waals surface area contributed by atoms with E-state index in [1.165, 1.54) is 24.3 Å². The molecule has 0 bridgehead atoms. The van der Waals surface area contributed by atoms with Gasteiger partial charge in [0.15, 0.2) is 0 Å². The van der Waals surface area contributed by atoms with Crippen LogP contribution < -0.4 is 4.74 Å². The number of hydrogen-bond acceptors (Lipinski definition) is 2. The Morgan fingerprint density at radius 3 is 2.60 bits per heavy atom. The Morgan fingerprint density at radius 1 is 1.20 bits per heavy atom. The van der Waals surface area contributed by atoms with Crippen molar-refractivity contribution in [3.05, 3.63) is 64.7 Å². The number of carboxylic acid groups (broad SMARTS) is 1. The van der Waals surface area contributed by atoms with E-state index in [1.54, 1.807) is 13.0 Å². The lowest BCUT2D eigenvalue weighted by Gasteiger charge is -2.10. The first-order chi connectivity index (χ1) is 9.47. The minimum Gasteiger partial charge on any atom is -0.488 e. The predicted molar refractivity (Wildman–Crippen MR) is 68.8 cm³/mol. The van der Waals surface area contributed by atoms with Crippen LogP contribution in [0.4, 0.5) is 8.78 Å². The van der Waals surface area contributed by atoms with Gasteiger partial charge in [-0.3, -0.25) is 0 Å². The number of halogens is 2. The molecule has 2 aromatic carbocycles. The summed E-state index contributed by atoms with van der Waals surface area (Å²) in [7, 11) is 0. The summed E-state index contributed by atoms with van der Waals surface area (Å²) in [5.74, 6) is -1.98. The fraction of sp³-hybridized carbons (Fsp3) is 0.133. The van der Waals surface area contributed by atoms with Gasteiger partial charge in [0.25, 0.3) is 0 Å². The Hall–Kier alpha value is -2.43. The first kappa shape index (κ1) is 14.0. The third-order valence-corrected chi connectivity index (χ3v) is 2.83. The van der Waals surface area contributed by atoms with E-state index in [4.69, 9.17) is 9.84 Å². The summed E-state index contributed by atoms with van der Waals surface area (Å²) in [5, 5.41) is 8.74. The lowest BCUT2D eigenvalue weighted by atomic mass is 10.1. The van der Waals surface area contributed by atoms with Crippen LogP contribution in [0.25, 0.3) is 0 Å². The molecule has 2 rings (SSSR count). The zero-order valence-electron chi connectivity index (χ0n) is 10.7. The average Bonchev–Trinajstić information content (AvgIpc) is 2.40. The minimum absolute atomic E-state index is 0.101. The van der Waals surface area contributed by atoms with Gasteiger partial charge in [-0.2, -0.15) is 0 Å². The second-order valence-electron chi connectivity index (χ2n) is 4.31. The van der Waals surface area contributed by atoms with Gasteiger partial charge in [0, 0.05) is 11.6 Å². The molecule has 0 aliphatic rings. The second-order valence-corrected chi connectivity index (χ2v) is 4.31. The second kappa shape index (κ2) is 5.69. The molecule has 0 amide bonds. The van der Waals surface area contributed by atoms with E-state index in [1.807, 2.05) is 0 Å². The summed E-state index contributed by atoms with van der Waals surface area (Å²) in [6.07, 6.45) is 0. The number of carboxylic acids is 1. The molecule has 2 aromatic rings. The van der Waals surface area contributed by atoms with Crippen molar-refractivity contribution in [2.45, 2.75) is 13.5 Å². The summed E-state index contributed by atoms with van der Waals surface area (Å²) in [5.41, 5.74) is 0.806. The molecule has 0 unspecified atom stereocenters. The molecule has 104 valence electrons. The highest BCUT2D eigenvalue weighted by Gasteiger charge is 2.09. The van der Waals surface area contributed by atoms with Crippen molar-refractivity contribution in [1.29, 1.82) is 0 Å². The number of aryl methyl sites for hydroxylation is 1. The number of hydrogen-bond donors (Lipinski definition) is 1.